The number of aliphatic hydroxyl groups is 1. The fraction of sp³-hybridized carbons (Fsp3) is 0.250. The Morgan fingerprint density at radius 1 is 1.88 bits per heavy atom. The minimum absolute atomic E-state index is 0.0375. The van der Waals surface area contributed by atoms with E-state index >= 15 is 0 Å². The van der Waals surface area contributed by atoms with E-state index in [1.807, 2.05) is 0 Å². The van der Waals surface area contributed by atoms with Crippen LogP contribution < -0.4 is 5.73 Å². The molecule has 44 valence electrons. The van der Waals surface area contributed by atoms with Crippen LogP contribution in [0.3, 0.4) is 0 Å². The molecule has 0 unspecified atom stereocenters. The number of anilines is 1. The van der Waals surface area contributed by atoms with Gasteiger partial charge in [0, 0.05) is 6.07 Å². The predicted molar refractivity (Wildman–Crippen MR) is 28.9 cm³/mol. The molecule has 0 atom stereocenters. The number of nitrogen functional groups attached to an aromatic ring is 1. The van der Waals surface area contributed by atoms with Crippen LogP contribution in [0.4, 0.5) is 5.82 Å². The molecule has 0 fully saturated rings. The number of hydrogen-bond acceptors (Lipinski definition) is 3. The van der Waals surface area contributed by atoms with Gasteiger partial charge in [-0.3, -0.25) is 5.10 Å². The Morgan fingerprint density at radius 2 is 2.62 bits per heavy atom. The summed E-state index contributed by atoms with van der Waals surface area (Å²) in [7, 11) is 0. The number of aliphatic hydroxyl groups excluding tert-OH is 1. The minimum Gasteiger partial charge on any atom is -0.390 e. The van der Waals surface area contributed by atoms with Gasteiger partial charge in [-0.05, 0) is 0 Å². The van der Waals surface area contributed by atoms with Gasteiger partial charge < -0.3 is 10.8 Å². The van der Waals surface area contributed by atoms with E-state index in [0.717, 1.165) is 0 Å². The van der Waals surface area contributed by atoms with Gasteiger partial charge in [0.2, 0.25) is 0 Å². The van der Waals surface area contributed by atoms with E-state index < -0.39 is 0 Å². The Balaban J connectivity index is 2.84. The average Bonchev–Trinajstić information content (AvgIpc) is 2.14. The topological polar surface area (TPSA) is 74.9 Å². The largest absolute Gasteiger partial charge is 0.390 e. The van der Waals surface area contributed by atoms with Crippen molar-refractivity contribution >= 4 is 5.82 Å². The van der Waals surface area contributed by atoms with Gasteiger partial charge in [-0.25, -0.2) is 0 Å². The van der Waals surface area contributed by atoms with Crippen LogP contribution in [-0.2, 0) is 6.61 Å². The van der Waals surface area contributed by atoms with Crippen LogP contribution in [-0.4, -0.2) is 15.3 Å². The van der Waals surface area contributed by atoms with Gasteiger partial charge in [-0.2, -0.15) is 5.10 Å². The third kappa shape index (κ3) is 0.788. The highest BCUT2D eigenvalue weighted by molar-refractivity contribution is 5.27. The van der Waals surface area contributed by atoms with E-state index in [4.69, 9.17) is 10.8 Å². The minimum atomic E-state index is -0.0375. The summed E-state index contributed by atoms with van der Waals surface area (Å²) in [6.07, 6.45) is 0. The molecule has 0 radical (unpaired) electrons. The highest BCUT2D eigenvalue weighted by Gasteiger charge is 1.91. The normalized spacial score (nSPS) is 9.62. The molecule has 0 aliphatic carbocycles. The average molecular weight is 113 g/mol. The summed E-state index contributed by atoms with van der Waals surface area (Å²) in [5.41, 5.74) is 5.84. The van der Waals surface area contributed by atoms with Crippen molar-refractivity contribution in [2.24, 2.45) is 0 Å². The number of H-pyrrole nitrogens is 1. The summed E-state index contributed by atoms with van der Waals surface area (Å²) in [6, 6.07) is 1.58. The lowest BCUT2D eigenvalue weighted by Gasteiger charge is -1.79. The number of hydrogen-bond donors (Lipinski definition) is 3. The van der Waals surface area contributed by atoms with Crippen molar-refractivity contribution in [3.8, 4) is 0 Å². The second-order valence-corrected chi connectivity index (χ2v) is 1.48. The van der Waals surface area contributed by atoms with Crippen LogP contribution in [0.15, 0.2) is 6.07 Å². The van der Waals surface area contributed by atoms with E-state index in [1.54, 1.807) is 6.07 Å². The molecular weight excluding hydrogens is 106 g/mol. The summed E-state index contributed by atoms with van der Waals surface area (Å²) in [5.74, 6) is 0.411. The summed E-state index contributed by atoms with van der Waals surface area (Å²) >= 11 is 0. The molecule has 1 aromatic rings. The van der Waals surface area contributed by atoms with Crippen molar-refractivity contribution in [1.29, 1.82) is 0 Å². The molecule has 0 aliphatic heterocycles. The lowest BCUT2D eigenvalue weighted by atomic mass is 10.4. The Hall–Kier alpha value is -1.03. The number of nitrogens with one attached hydrogen (secondary N) is 1. The summed E-state index contributed by atoms with van der Waals surface area (Å²) in [6.45, 7) is -0.0375. The molecule has 0 spiro atoms. The van der Waals surface area contributed by atoms with Crippen LogP contribution in [0, 0.1) is 0 Å². The first-order valence-corrected chi connectivity index (χ1v) is 2.23. The van der Waals surface area contributed by atoms with Gasteiger partial charge in [0.05, 0.1) is 12.3 Å². The SMILES string of the molecule is Nc1cc(CO)[nH]n1. The molecule has 0 bridgehead atoms. The fourth-order valence-electron chi connectivity index (χ4n) is 0.460. The molecular formula is C4H7N3O. The van der Waals surface area contributed by atoms with Crippen molar-refractivity contribution < 1.29 is 5.11 Å². The highest BCUT2D eigenvalue weighted by atomic mass is 16.3. The molecule has 0 aliphatic rings. The quantitative estimate of drug-likeness (QED) is 0.459. The van der Waals surface area contributed by atoms with Gasteiger partial charge in [0.15, 0.2) is 0 Å². The van der Waals surface area contributed by atoms with Gasteiger partial charge in [0.25, 0.3) is 0 Å². The molecule has 4 heteroatoms. The molecule has 1 heterocycles. The first kappa shape index (κ1) is 5.11. The molecule has 0 saturated carbocycles. The third-order valence-corrected chi connectivity index (χ3v) is 0.821. The molecule has 4 N–H and O–H groups in total. The van der Waals surface area contributed by atoms with E-state index in [1.165, 1.54) is 0 Å². The number of nitrogens with zero attached hydrogens (tertiary/aromatic N) is 1. The van der Waals surface area contributed by atoms with E-state index in [0.29, 0.717) is 11.5 Å². The maximum Gasteiger partial charge on any atom is 0.145 e. The number of rotatable bonds is 1. The van der Waals surface area contributed by atoms with Crippen molar-refractivity contribution in [3.63, 3.8) is 0 Å². The Kier molecular flexibility index (Phi) is 1.17. The van der Waals surface area contributed by atoms with Gasteiger partial charge >= 0.3 is 0 Å². The van der Waals surface area contributed by atoms with Gasteiger partial charge in [-0.1, -0.05) is 0 Å². The molecule has 1 aromatic heterocycles. The fourth-order valence-corrected chi connectivity index (χ4v) is 0.460. The first-order valence-electron chi connectivity index (χ1n) is 2.23. The summed E-state index contributed by atoms with van der Waals surface area (Å²) < 4.78 is 0. The van der Waals surface area contributed by atoms with E-state index in [-0.39, 0.29) is 6.61 Å². The Bertz CT molecular complexity index is 172. The van der Waals surface area contributed by atoms with Gasteiger partial charge in [0.1, 0.15) is 5.82 Å². The van der Waals surface area contributed by atoms with E-state index in [2.05, 4.69) is 10.2 Å². The standard InChI is InChI=1S/C4H7N3O/c5-4-1-3(2-8)6-7-4/h1,8H,2H2,(H3,5,6,7). The zero-order valence-corrected chi connectivity index (χ0v) is 4.26. The van der Waals surface area contributed by atoms with Crippen LogP contribution in [0.25, 0.3) is 0 Å². The Labute approximate surface area is 46.3 Å². The second kappa shape index (κ2) is 1.83. The zero-order chi connectivity index (χ0) is 5.98. The zero-order valence-electron chi connectivity index (χ0n) is 4.26. The predicted octanol–water partition coefficient (Wildman–Crippen LogP) is -0.516. The second-order valence-electron chi connectivity index (χ2n) is 1.48. The molecule has 4 nitrogen and oxygen atoms in total. The third-order valence-electron chi connectivity index (χ3n) is 0.821. The number of aromatic nitrogens is 2. The lowest BCUT2D eigenvalue weighted by molar-refractivity contribution is 0.276. The molecule has 1 rings (SSSR count). The van der Waals surface area contributed by atoms with Crippen molar-refractivity contribution in [3.05, 3.63) is 11.8 Å². The number of aromatic amines is 1. The monoisotopic (exact) mass is 113 g/mol. The van der Waals surface area contributed by atoms with Gasteiger partial charge in [-0.15, -0.1) is 0 Å². The highest BCUT2D eigenvalue weighted by Crippen LogP contribution is 1.97. The number of nitrogens with two attached hydrogens (primary N) is 1. The van der Waals surface area contributed by atoms with Crippen LogP contribution in [0.5, 0.6) is 0 Å². The summed E-state index contributed by atoms with van der Waals surface area (Å²) in [4.78, 5) is 0. The molecule has 8 heavy (non-hydrogen) atoms. The van der Waals surface area contributed by atoms with Crippen molar-refractivity contribution in [1.82, 2.24) is 10.2 Å². The molecule has 0 amide bonds. The smallest absolute Gasteiger partial charge is 0.145 e. The van der Waals surface area contributed by atoms with Crippen LogP contribution in [0.2, 0.25) is 0 Å². The molecule has 0 aromatic carbocycles. The van der Waals surface area contributed by atoms with Crippen molar-refractivity contribution in [2.45, 2.75) is 6.61 Å². The van der Waals surface area contributed by atoms with Crippen molar-refractivity contribution in [2.75, 3.05) is 5.73 Å². The van der Waals surface area contributed by atoms with E-state index in [9.17, 15) is 0 Å². The first-order chi connectivity index (χ1) is 3.83. The lowest BCUT2D eigenvalue weighted by Crippen LogP contribution is -1.81. The maximum atomic E-state index is 8.42. The summed E-state index contributed by atoms with van der Waals surface area (Å²) in [5, 5.41) is 14.5. The maximum absolute atomic E-state index is 8.42. The van der Waals surface area contributed by atoms with Crippen LogP contribution in [0.1, 0.15) is 5.69 Å². The Morgan fingerprint density at radius 3 is 2.88 bits per heavy atom. The van der Waals surface area contributed by atoms with Crippen LogP contribution >= 0.6 is 0 Å². The molecule has 0 saturated heterocycles.